The molecule has 0 aromatic rings. The molecule has 3 saturated carbocycles. The van der Waals surface area contributed by atoms with Crippen molar-refractivity contribution in [2.24, 2.45) is 28.1 Å². The standard InChI is InChI=1S/C20H34O/c1-17(2)9-6-10-19(4)14(17)7-11-18(3)13-16-20(5,21-16)12-8-15(18)19/h14-16H,6-13H2,1-5H3/t14-,15?,16+,18-,19-,20-/m0/s1. The van der Waals surface area contributed by atoms with E-state index in [1.807, 2.05) is 0 Å². The quantitative estimate of drug-likeness (QED) is 0.531. The van der Waals surface area contributed by atoms with Gasteiger partial charge in [-0.25, -0.2) is 0 Å². The molecule has 3 aliphatic carbocycles. The van der Waals surface area contributed by atoms with Gasteiger partial charge in [-0.2, -0.15) is 0 Å². The fourth-order valence-electron chi connectivity index (χ4n) is 7.29. The zero-order valence-electron chi connectivity index (χ0n) is 14.8. The largest absolute Gasteiger partial charge is 0.366 e. The van der Waals surface area contributed by atoms with E-state index in [0.29, 0.717) is 22.3 Å². The first kappa shape index (κ1) is 14.5. The third-order valence-corrected chi connectivity index (χ3v) is 8.53. The fraction of sp³-hybridized carbons (Fsp3) is 1.00. The van der Waals surface area contributed by atoms with Crippen LogP contribution >= 0.6 is 0 Å². The third kappa shape index (κ3) is 1.92. The van der Waals surface area contributed by atoms with Gasteiger partial charge in [0.05, 0.1) is 11.7 Å². The van der Waals surface area contributed by atoms with Gasteiger partial charge in [0.25, 0.3) is 0 Å². The molecule has 120 valence electrons. The maximum Gasteiger partial charge on any atom is 0.0920 e. The Hall–Kier alpha value is -0.0400. The van der Waals surface area contributed by atoms with E-state index in [-0.39, 0.29) is 5.60 Å². The normalized spacial score (nSPS) is 58.4. The molecular weight excluding hydrogens is 256 g/mol. The Bertz CT molecular complexity index is 455. The highest BCUT2D eigenvalue weighted by Gasteiger charge is 2.64. The number of rotatable bonds is 0. The Morgan fingerprint density at radius 2 is 1.52 bits per heavy atom. The first-order chi connectivity index (χ1) is 9.70. The van der Waals surface area contributed by atoms with Crippen LogP contribution in [0.4, 0.5) is 0 Å². The Labute approximate surface area is 131 Å². The predicted molar refractivity (Wildman–Crippen MR) is 87.2 cm³/mol. The molecule has 21 heavy (non-hydrogen) atoms. The van der Waals surface area contributed by atoms with Crippen molar-refractivity contribution in [3.63, 3.8) is 0 Å². The first-order valence-electron chi connectivity index (χ1n) is 9.38. The van der Waals surface area contributed by atoms with Gasteiger partial charge in [-0.15, -0.1) is 0 Å². The van der Waals surface area contributed by atoms with Gasteiger partial charge in [0, 0.05) is 0 Å². The lowest BCUT2D eigenvalue weighted by atomic mass is 9.42. The van der Waals surface area contributed by atoms with Crippen LogP contribution in [0.1, 0.15) is 86.0 Å². The van der Waals surface area contributed by atoms with E-state index in [9.17, 15) is 0 Å². The molecule has 0 radical (unpaired) electrons. The van der Waals surface area contributed by atoms with Gasteiger partial charge in [-0.05, 0) is 80.0 Å². The second kappa shape index (κ2) is 4.08. The van der Waals surface area contributed by atoms with Crippen molar-refractivity contribution >= 4 is 0 Å². The van der Waals surface area contributed by atoms with Crippen LogP contribution in [0.15, 0.2) is 0 Å². The first-order valence-corrected chi connectivity index (χ1v) is 9.38. The molecule has 0 N–H and O–H groups in total. The summed E-state index contributed by atoms with van der Waals surface area (Å²) in [7, 11) is 0. The number of fused-ring (bicyclic) bond motifs is 4. The molecule has 0 spiro atoms. The van der Waals surface area contributed by atoms with E-state index in [1.54, 1.807) is 0 Å². The lowest BCUT2D eigenvalue weighted by Crippen LogP contribution is -2.54. The molecule has 0 amide bonds. The van der Waals surface area contributed by atoms with E-state index < -0.39 is 0 Å². The zero-order chi connectivity index (χ0) is 15.1. The maximum atomic E-state index is 6.07. The molecule has 4 aliphatic rings. The molecule has 1 nitrogen and oxygen atoms in total. The zero-order valence-corrected chi connectivity index (χ0v) is 14.8. The maximum absolute atomic E-state index is 6.07. The summed E-state index contributed by atoms with van der Waals surface area (Å²) in [5, 5.41) is 0. The minimum absolute atomic E-state index is 0.246. The molecule has 1 heterocycles. The van der Waals surface area contributed by atoms with Gasteiger partial charge in [-0.1, -0.05) is 34.1 Å². The van der Waals surface area contributed by atoms with Crippen molar-refractivity contribution in [2.45, 2.75) is 97.7 Å². The van der Waals surface area contributed by atoms with Crippen LogP contribution in [-0.2, 0) is 4.74 Å². The van der Waals surface area contributed by atoms with Crippen molar-refractivity contribution < 1.29 is 4.74 Å². The van der Waals surface area contributed by atoms with Gasteiger partial charge in [0.1, 0.15) is 0 Å². The highest BCUT2D eigenvalue weighted by molar-refractivity contribution is 5.13. The fourth-order valence-corrected chi connectivity index (χ4v) is 7.29. The highest BCUT2D eigenvalue weighted by atomic mass is 16.6. The lowest BCUT2D eigenvalue weighted by molar-refractivity contribution is -0.135. The topological polar surface area (TPSA) is 12.5 Å². The number of hydrogen-bond acceptors (Lipinski definition) is 1. The average Bonchev–Trinajstić information content (AvgIpc) is 2.97. The van der Waals surface area contributed by atoms with Crippen molar-refractivity contribution in [2.75, 3.05) is 0 Å². The van der Waals surface area contributed by atoms with Crippen LogP contribution in [-0.4, -0.2) is 11.7 Å². The number of hydrogen-bond donors (Lipinski definition) is 0. The minimum Gasteiger partial charge on any atom is -0.366 e. The third-order valence-electron chi connectivity index (χ3n) is 8.53. The predicted octanol–water partition coefficient (Wildman–Crippen LogP) is 5.58. The van der Waals surface area contributed by atoms with E-state index in [0.717, 1.165) is 11.8 Å². The Morgan fingerprint density at radius 1 is 0.810 bits per heavy atom. The molecule has 1 aliphatic heterocycles. The molecule has 4 rings (SSSR count). The van der Waals surface area contributed by atoms with E-state index in [2.05, 4.69) is 34.6 Å². The molecule has 0 aromatic heterocycles. The molecule has 6 atom stereocenters. The number of epoxide rings is 1. The van der Waals surface area contributed by atoms with Crippen LogP contribution in [0.2, 0.25) is 0 Å². The highest BCUT2D eigenvalue weighted by Crippen LogP contribution is 2.69. The molecule has 0 bridgehead atoms. The molecule has 4 fully saturated rings. The van der Waals surface area contributed by atoms with Crippen LogP contribution in [0.5, 0.6) is 0 Å². The van der Waals surface area contributed by atoms with E-state index >= 15 is 0 Å². The summed E-state index contributed by atoms with van der Waals surface area (Å²) in [6.07, 6.45) is 11.9. The number of ether oxygens (including phenoxy) is 1. The minimum atomic E-state index is 0.246. The van der Waals surface area contributed by atoms with Crippen LogP contribution < -0.4 is 0 Å². The Kier molecular flexibility index (Phi) is 2.82. The molecule has 1 heteroatoms. The lowest BCUT2D eigenvalue weighted by Gasteiger charge is -2.62. The van der Waals surface area contributed by atoms with Gasteiger partial charge >= 0.3 is 0 Å². The SMILES string of the molecule is CC1(C)CCC[C@]2(C)C3CC[C@]4(C)O[C@@H]4C[C@]3(C)CC[C@@H]12. The second-order valence-electron chi connectivity index (χ2n) is 10.3. The molecule has 1 saturated heterocycles. The summed E-state index contributed by atoms with van der Waals surface area (Å²) in [6, 6.07) is 0. The summed E-state index contributed by atoms with van der Waals surface area (Å²) in [6.45, 7) is 12.7. The summed E-state index contributed by atoms with van der Waals surface area (Å²) < 4.78 is 6.07. The van der Waals surface area contributed by atoms with E-state index in [1.165, 1.54) is 51.4 Å². The molecule has 1 unspecified atom stereocenters. The van der Waals surface area contributed by atoms with Crippen LogP contribution in [0, 0.1) is 28.1 Å². The van der Waals surface area contributed by atoms with Gasteiger partial charge < -0.3 is 4.74 Å². The van der Waals surface area contributed by atoms with Crippen LogP contribution in [0.25, 0.3) is 0 Å². The summed E-state index contributed by atoms with van der Waals surface area (Å²) in [4.78, 5) is 0. The van der Waals surface area contributed by atoms with Crippen molar-refractivity contribution in [1.82, 2.24) is 0 Å². The molecular formula is C20H34O. The Morgan fingerprint density at radius 3 is 2.29 bits per heavy atom. The summed E-state index contributed by atoms with van der Waals surface area (Å²) in [5.41, 5.74) is 1.93. The van der Waals surface area contributed by atoms with Crippen LogP contribution in [0.3, 0.4) is 0 Å². The van der Waals surface area contributed by atoms with Gasteiger partial charge in [0.15, 0.2) is 0 Å². The summed E-state index contributed by atoms with van der Waals surface area (Å²) >= 11 is 0. The Balaban J connectivity index is 1.70. The monoisotopic (exact) mass is 290 g/mol. The van der Waals surface area contributed by atoms with Crippen molar-refractivity contribution in [3.05, 3.63) is 0 Å². The van der Waals surface area contributed by atoms with Crippen molar-refractivity contribution in [3.8, 4) is 0 Å². The second-order valence-corrected chi connectivity index (χ2v) is 10.3. The average molecular weight is 290 g/mol. The van der Waals surface area contributed by atoms with Gasteiger partial charge in [-0.3, -0.25) is 0 Å². The summed E-state index contributed by atoms with van der Waals surface area (Å²) in [5.74, 6) is 1.87. The van der Waals surface area contributed by atoms with Crippen molar-refractivity contribution in [1.29, 1.82) is 0 Å². The van der Waals surface area contributed by atoms with Gasteiger partial charge in [0.2, 0.25) is 0 Å². The smallest absolute Gasteiger partial charge is 0.0920 e. The molecule has 0 aromatic carbocycles. The van der Waals surface area contributed by atoms with E-state index in [4.69, 9.17) is 4.74 Å².